The lowest BCUT2D eigenvalue weighted by Gasteiger charge is -2.46. The topological polar surface area (TPSA) is 82.5 Å². The summed E-state index contributed by atoms with van der Waals surface area (Å²) in [6.45, 7) is -0.0340. The molecule has 1 aliphatic rings. The molecule has 6 nitrogen and oxygen atoms in total. The van der Waals surface area contributed by atoms with Gasteiger partial charge in [0.1, 0.15) is 5.82 Å². The first-order valence-electron chi connectivity index (χ1n) is 10.7. The summed E-state index contributed by atoms with van der Waals surface area (Å²) in [6.07, 6.45) is -3.34. The molecule has 10 heteroatoms. The molecule has 1 aliphatic heterocycles. The number of rotatable bonds is 3. The van der Waals surface area contributed by atoms with Gasteiger partial charge in [0.25, 0.3) is 11.8 Å². The Hall–Kier alpha value is -3.87. The molecule has 0 aliphatic carbocycles. The molecule has 0 atom stereocenters. The molecule has 184 valence electrons. The predicted octanol–water partition coefficient (Wildman–Crippen LogP) is 4.44. The van der Waals surface area contributed by atoms with Gasteiger partial charge in [-0.1, -0.05) is 41.6 Å². The summed E-state index contributed by atoms with van der Waals surface area (Å²) in [6, 6.07) is 15.0. The van der Waals surface area contributed by atoms with Gasteiger partial charge in [0.2, 0.25) is 0 Å². The highest BCUT2D eigenvalue weighted by Gasteiger charge is 2.62. The predicted molar refractivity (Wildman–Crippen MR) is 128 cm³/mol. The minimum Gasteiger partial charge on any atom is -0.378 e. The van der Waals surface area contributed by atoms with E-state index in [0.29, 0.717) is 11.1 Å². The van der Waals surface area contributed by atoms with Crippen molar-refractivity contribution in [3.63, 3.8) is 0 Å². The number of likely N-dealkylation sites (tertiary alicyclic amines) is 1. The molecule has 2 heterocycles. The maximum Gasteiger partial charge on any atom is 0.420 e. The molecule has 0 spiro atoms. The lowest BCUT2D eigenvalue weighted by atomic mass is 9.92. The monoisotopic (exact) mass is 513 g/mol. The maximum absolute atomic E-state index is 12.9. The van der Waals surface area contributed by atoms with Crippen molar-refractivity contribution in [3.05, 3.63) is 93.6 Å². The summed E-state index contributed by atoms with van der Waals surface area (Å²) < 4.78 is 38.6. The van der Waals surface area contributed by atoms with Crippen LogP contribution in [0, 0.1) is 18.8 Å². The second kappa shape index (κ2) is 9.64. The fourth-order valence-electron chi connectivity index (χ4n) is 3.54. The number of carbonyl (C=O) groups excluding carboxylic acids is 2. The van der Waals surface area contributed by atoms with Gasteiger partial charge in [-0.25, -0.2) is 4.98 Å². The number of pyridine rings is 1. The zero-order valence-corrected chi connectivity index (χ0v) is 19.6. The molecule has 1 aromatic heterocycles. The van der Waals surface area contributed by atoms with E-state index >= 15 is 0 Å². The van der Waals surface area contributed by atoms with E-state index in [0.717, 1.165) is 10.5 Å². The second-order valence-corrected chi connectivity index (χ2v) is 8.75. The van der Waals surface area contributed by atoms with Crippen molar-refractivity contribution in [1.29, 1.82) is 0 Å². The van der Waals surface area contributed by atoms with Crippen LogP contribution in [0.1, 0.15) is 37.4 Å². The molecule has 1 fully saturated rings. The number of aryl methyl sites for hydroxylation is 1. The molecule has 2 amide bonds. The summed E-state index contributed by atoms with van der Waals surface area (Å²) in [5, 5.41) is 12.3. The number of aliphatic hydroxyl groups is 1. The molecule has 1 saturated heterocycles. The van der Waals surface area contributed by atoms with E-state index in [9.17, 15) is 27.9 Å². The fourth-order valence-corrected chi connectivity index (χ4v) is 3.74. The van der Waals surface area contributed by atoms with Crippen LogP contribution in [0.2, 0.25) is 5.02 Å². The molecular weight excluding hydrogens is 495 g/mol. The summed E-state index contributed by atoms with van der Waals surface area (Å²) in [5.74, 6) is 4.88. The summed E-state index contributed by atoms with van der Waals surface area (Å²) >= 11 is 6.15. The minimum atomic E-state index is -4.84. The number of hydrogen-bond donors (Lipinski definition) is 2. The summed E-state index contributed by atoms with van der Waals surface area (Å²) in [5.41, 5.74) is -0.894. The third-order valence-corrected chi connectivity index (χ3v) is 5.94. The quantitative estimate of drug-likeness (QED) is 0.507. The van der Waals surface area contributed by atoms with Crippen molar-refractivity contribution < 1.29 is 27.9 Å². The van der Waals surface area contributed by atoms with Gasteiger partial charge in [0, 0.05) is 22.9 Å². The Labute approximate surface area is 209 Å². The zero-order valence-electron chi connectivity index (χ0n) is 18.9. The van der Waals surface area contributed by atoms with Crippen molar-refractivity contribution in [2.24, 2.45) is 0 Å². The van der Waals surface area contributed by atoms with Crippen LogP contribution in [0.15, 0.2) is 60.8 Å². The van der Waals surface area contributed by atoms with Crippen molar-refractivity contribution in [3.8, 4) is 11.8 Å². The van der Waals surface area contributed by atoms with Gasteiger partial charge < -0.3 is 15.3 Å². The molecule has 3 aromatic rings. The molecule has 0 unspecified atom stereocenters. The van der Waals surface area contributed by atoms with Crippen molar-refractivity contribution in [1.82, 2.24) is 9.88 Å². The molecule has 0 saturated carbocycles. The standard InChI is InChI=1S/C26H19ClF3N3O3/c1-16-11-18(8-7-17-5-3-2-4-6-17)13-31-22(16)32-23(34)20-12-19(9-10-21(20)27)24(35)33-14-25(36,15-33)26(28,29)30/h2-6,9-13,36H,14-15H2,1H3,(H,31,32,34). The number of halogens is 4. The van der Waals surface area contributed by atoms with Gasteiger partial charge in [-0.05, 0) is 48.9 Å². The Bertz CT molecular complexity index is 1390. The van der Waals surface area contributed by atoms with Gasteiger partial charge in [-0.2, -0.15) is 13.2 Å². The van der Waals surface area contributed by atoms with Gasteiger partial charge in [0.15, 0.2) is 5.60 Å². The first kappa shape index (κ1) is 25.2. The van der Waals surface area contributed by atoms with E-state index in [1.165, 1.54) is 24.4 Å². The largest absolute Gasteiger partial charge is 0.420 e. The van der Waals surface area contributed by atoms with Crippen LogP contribution in [-0.4, -0.2) is 51.7 Å². The van der Waals surface area contributed by atoms with Crippen molar-refractivity contribution >= 4 is 29.2 Å². The van der Waals surface area contributed by atoms with Crippen LogP contribution < -0.4 is 5.32 Å². The zero-order chi connectivity index (χ0) is 26.1. The lowest BCUT2D eigenvalue weighted by molar-refractivity contribution is -0.294. The number of benzene rings is 2. The Morgan fingerprint density at radius 1 is 1.08 bits per heavy atom. The van der Waals surface area contributed by atoms with Crippen LogP contribution in [0.4, 0.5) is 19.0 Å². The fraction of sp³-hybridized carbons (Fsp3) is 0.192. The summed E-state index contributed by atoms with van der Waals surface area (Å²) in [4.78, 5) is 30.5. The Balaban J connectivity index is 1.47. The van der Waals surface area contributed by atoms with Crippen LogP contribution in [0.25, 0.3) is 0 Å². The SMILES string of the molecule is Cc1cc(C#Cc2ccccc2)cnc1NC(=O)c1cc(C(=O)N2CC(O)(C(F)(F)F)C2)ccc1Cl. The number of β-amino-alcohol motifs (C(OH)–C–C–N with tert-alkyl or cyclic N) is 1. The normalized spacial score (nSPS) is 14.3. The first-order chi connectivity index (χ1) is 17.0. The average molecular weight is 514 g/mol. The first-order valence-corrected chi connectivity index (χ1v) is 11.1. The van der Waals surface area contributed by atoms with E-state index < -0.39 is 36.7 Å². The van der Waals surface area contributed by atoms with Gasteiger partial charge in [0.05, 0.1) is 23.7 Å². The number of nitrogens with zero attached hydrogens (tertiary/aromatic N) is 2. The van der Waals surface area contributed by atoms with Crippen LogP contribution in [0.5, 0.6) is 0 Å². The van der Waals surface area contributed by atoms with E-state index in [1.807, 2.05) is 30.3 Å². The Morgan fingerprint density at radius 3 is 2.39 bits per heavy atom. The van der Waals surface area contributed by atoms with E-state index in [1.54, 1.807) is 13.0 Å². The Morgan fingerprint density at radius 2 is 1.75 bits per heavy atom. The molecule has 2 aromatic carbocycles. The summed E-state index contributed by atoms with van der Waals surface area (Å²) in [7, 11) is 0. The number of hydrogen-bond acceptors (Lipinski definition) is 4. The Kier molecular flexibility index (Phi) is 6.76. The second-order valence-electron chi connectivity index (χ2n) is 8.34. The van der Waals surface area contributed by atoms with E-state index in [-0.39, 0.29) is 22.0 Å². The number of amides is 2. The van der Waals surface area contributed by atoms with Gasteiger partial charge >= 0.3 is 6.18 Å². The van der Waals surface area contributed by atoms with Crippen molar-refractivity contribution in [2.75, 3.05) is 18.4 Å². The molecule has 0 radical (unpaired) electrons. The highest BCUT2D eigenvalue weighted by atomic mass is 35.5. The van der Waals surface area contributed by atoms with Crippen LogP contribution >= 0.6 is 11.6 Å². The maximum atomic E-state index is 12.9. The van der Waals surface area contributed by atoms with Crippen molar-refractivity contribution in [2.45, 2.75) is 18.7 Å². The number of anilines is 1. The number of nitrogens with one attached hydrogen (secondary N) is 1. The number of alkyl halides is 3. The smallest absolute Gasteiger partial charge is 0.378 e. The van der Waals surface area contributed by atoms with Gasteiger partial charge in [-0.3, -0.25) is 9.59 Å². The van der Waals surface area contributed by atoms with E-state index in [2.05, 4.69) is 22.1 Å². The minimum absolute atomic E-state index is 0.0370. The van der Waals surface area contributed by atoms with Crippen LogP contribution in [-0.2, 0) is 0 Å². The highest BCUT2D eigenvalue weighted by molar-refractivity contribution is 6.34. The molecule has 4 rings (SSSR count). The third kappa shape index (κ3) is 5.20. The van der Waals surface area contributed by atoms with E-state index in [4.69, 9.17) is 11.6 Å². The highest BCUT2D eigenvalue weighted by Crippen LogP contribution is 2.38. The average Bonchev–Trinajstić information content (AvgIpc) is 2.82. The molecular formula is C26H19ClF3N3O3. The number of carbonyl (C=O) groups is 2. The number of aromatic nitrogens is 1. The molecule has 2 N–H and O–H groups in total. The van der Waals surface area contributed by atoms with Gasteiger partial charge in [-0.15, -0.1) is 0 Å². The lowest BCUT2D eigenvalue weighted by Crippen LogP contribution is -2.70. The molecule has 0 bridgehead atoms. The third-order valence-electron chi connectivity index (χ3n) is 5.61. The molecule has 36 heavy (non-hydrogen) atoms. The van der Waals surface area contributed by atoms with Crippen LogP contribution in [0.3, 0.4) is 0 Å².